The molecule has 1 aliphatic carbocycles. The Morgan fingerprint density at radius 2 is 1.66 bits per heavy atom. The van der Waals surface area contributed by atoms with Gasteiger partial charge in [-0.25, -0.2) is 0 Å². The van der Waals surface area contributed by atoms with E-state index >= 15 is 0 Å². The second-order valence-corrected chi connectivity index (χ2v) is 9.60. The number of nitrogens with zero attached hydrogens (tertiary/aromatic N) is 1. The fraction of sp³-hybridized carbons (Fsp3) is 0.600. The minimum Gasteiger partial charge on any atom is -0.496 e. The van der Waals surface area contributed by atoms with E-state index in [9.17, 15) is 0 Å². The molecule has 0 saturated carbocycles. The van der Waals surface area contributed by atoms with Gasteiger partial charge in [0.05, 0.1) is 21.3 Å². The van der Waals surface area contributed by atoms with E-state index in [1.54, 1.807) is 21.3 Å². The van der Waals surface area contributed by atoms with Crippen molar-refractivity contribution in [3.8, 4) is 17.2 Å². The Kier molecular flexibility index (Phi) is 11.7. The van der Waals surface area contributed by atoms with Crippen molar-refractivity contribution in [2.75, 3.05) is 47.5 Å². The van der Waals surface area contributed by atoms with Crippen LogP contribution in [0.4, 0.5) is 0 Å². The third-order valence-corrected chi connectivity index (χ3v) is 7.27. The first-order valence-electron chi connectivity index (χ1n) is 13.5. The number of unbranched alkanes of at least 4 members (excludes halogenated alkanes) is 3. The lowest BCUT2D eigenvalue weighted by molar-refractivity contribution is 0.175. The first-order chi connectivity index (χ1) is 17.2. The third-order valence-electron chi connectivity index (χ3n) is 7.27. The molecule has 3 rings (SSSR count). The summed E-state index contributed by atoms with van der Waals surface area (Å²) in [6, 6.07) is 13.2. The third kappa shape index (κ3) is 7.88. The van der Waals surface area contributed by atoms with Crippen molar-refractivity contribution >= 4 is 0 Å². The van der Waals surface area contributed by atoms with Crippen molar-refractivity contribution in [3.05, 3.63) is 53.1 Å². The van der Waals surface area contributed by atoms with Crippen LogP contribution in [-0.2, 0) is 19.3 Å². The van der Waals surface area contributed by atoms with Crippen LogP contribution in [0.25, 0.3) is 0 Å². The fourth-order valence-electron chi connectivity index (χ4n) is 5.42. The molecule has 1 unspecified atom stereocenters. The van der Waals surface area contributed by atoms with E-state index in [-0.39, 0.29) is 0 Å². The number of methoxy groups -OCH3 is 3. The van der Waals surface area contributed by atoms with Crippen LogP contribution < -0.4 is 19.5 Å². The van der Waals surface area contributed by atoms with Crippen LogP contribution in [0.15, 0.2) is 36.4 Å². The van der Waals surface area contributed by atoms with Crippen molar-refractivity contribution < 1.29 is 14.2 Å². The maximum Gasteiger partial charge on any atom is 0.164 e. The van der Waals surface area contributed by atoms with E-state index < -0.39 is 0 Å². The largest absolute Gasteiger partial charge is 0.496 e. The number of rotatable bonds is 16. The average Bonchev–Trinajstić information content (AvgIpc) is 2.90. The fourth-order valence-corrected chi connectivity index (χ4v) is 5.42. The lowest BCUT2D eigenvalue weighted by Crippen LogP contribution is -2.40. The topological polar surface area (TPSA) is 43.0 Å². The molecule has 0 radical (unpaired) electrons. The number of para-hydroxylation sites is 1. The maximum atomic E-state index is 5.69. The van der Waals surface area contributed by atoms with Crippen LogP contribution in [-0.4, -0.2) is 58.5 Å². The number of nitrogens with one attached hydrogen (secondary N) is 1. The average molecular weight is 483 g/mol. The molecule has 1 atom stereocenters. The zero-order valence-corrected chi connectivity index (χ0v) is 22.4. The Balaban J connectivity index is 1.35. The van der Waals surface area contributed by atoms with Gasteiger partial charge in [0.15, 0.2) is 11.5 Å². The van der Waals surface area contributed by atoms with Gasteiger partial charge in [-0.3, -0.25) is 0 Å². The Morgan fingerprint density at radius 3 is 2.43 bits per heavy atom. The van der Waals surface area contributed by atoms with Gasteiger partial charge in [-0.1, -0.05) is 44.0 Å². The normalized spacial score (nSPS) is 15.2. The first kappa shape index (κ1) is 27.3. The Morgan fingerprint density at radius 1 is 0.857 bits per heavy atom. The first-order valence-corrected chi connectivity index (χ1v) is 13.5. The summed E-state index contributed by atoms with van der Waals surface area (Å²) in [4.78, 5) is 2.74. The molecule has 0 saturated heterocycles. The number of hydrogen-bond acceptors (Lipinski definition) is 5. The van der Waals surface area contributed by atoms with Crippen LogP contribution in [0.1, 0.15) is 62.1 Å². The van der Waals surface area contributed by atoms with Crippen LogP contribution in [0.3, 0.4) is 0 Å². The van der Waals surface area contributed by atoms with E-state index in [1.165, 1.54) is 68.3 Å². The van der Waals surface area contributed by atoms with Crippen molar-refractivity contribution in [1.29, 1.82) is 0 Å². The summed E-state index contributed by atoms with van der Waals surface area (Å²) in [7, 11) is 5.22. The molecule has 5 nitrogen and oxygen atoms in total. The van der Waals surface area contributed by atoms with Crippen molar-refractivity contribution in [1.82, 2.24) is 10.2 Å². The zero-order chi connectivity index (χ0) is 24.9. The van der Waals surface area contributed by atoms with E-state index in [1.807, 2.05) is 12.1 Å². The predicted molar refractivity (Wildman–Crippen MR) is 145 cm³/mol. The molecule has 194 valence electrons. The molecule has 0 aromatic heterocycles. The quantitative estimate of drug-likeness (QED) is 0.312. The Bertz CT molecular complexity index is 886. The summed E-state index contributed by atoms with van der Waals surface area (Å²) in [6.07, 6.45) is 10.8. The second-order valence-electron chi connectivity index (χ2n) is 9.60. The summed E-state index contributed by atoms with van der Waals surface area (Å²) in [5.74, 6) is 2.78. The minimum absolute atomic E-state index is 0.636. The minimum atomic E-state index is 0.636. The van der Waals surface area contributed by atoms with Crippen LogP contribution in [0.2, 0.25) is 0 Å². The zero-order valence-electron chi connectivity index (χ0n) is 22.4. The molecule has 35 heavy (non-hydrogen) atoms. The van der Waals surface area contributed by atoms with Gasteiger partial charge in [-0.15, -0.1) is 0 Å². The van der Waals surface area contributed by atoms with Crippen LogP contribution >= 0.6 is 0 Å². The molecule has 0 spiro atoms. The second kappa shape index (κ2) is 15.0. The van der Waals surface area contributed by atoms with Crippen molar-refractivity contribution in [2.45, 2.75) is 70.8 Å². The molecule has 5 heteroatoms. The number of benzene rings is 2. The highest BCUT2D eigenvalue weighted by molar-refractivity contribution is 5.52. The van der Waals surface area contributed by atoms with Gasteiger partial charge in [0, 0.05) is 11.6 Å². The number of ether oxygens (including phenoxy) is 3. The molecule has 0 fully saturated rings. The van der Waals surface area contributed by atoms with Crippen LogP contribution in [0.5, 0.6) is 17.2 Å². The standard InChI is InChI=1S/C30H46N2O3/c1-5-21-32(26-15-16-27-25(23-26)14-17-29(34-3)30(27)35-4)22-11-7-6-10-19-31-20-18-24-12-8-9-13-28(24)33-2/h8-9,12-14,17,26,31H,5-7,10-11,15-16,18-23H2,1-4H3. The molecule has 1 aliphatic rings. The maximum absolute atomic E-state index is 5.69. The highest BCUT2D eigenvalue weighted by Crippen LogP contribution is 2.38. The molecule has 0 amide bonds. The van der Waals surface area contributed by atoms with Crippen LogP contribution in [0, 0.1) is 0 Å². The molecule has 2 aromatic rings. The summed E-state index contributed by atoms with van der Waals surface area (Å²) < 4.78 is 16.6. The lowest BCUT2D eigenvalue weighted by atomic mass is 9.86. The van der Waals surface area contributed by atoms with Crippen molar-refractivity contribution in [2.24, 2.45) is 0 Å². The van der Waals surface area contributed by atoms with E-state index in [0.29, 0.717) is 6.04 Å². The molecule has 1 N–H and O–H groups in total. The number of fused-ring (bicyclic) bond motifs is 1. The van der Waals surface area contributed by atoms with Gasteiger partial charge in [0.25, 0.3) is 0 Å². The molecule has 2 aromatic carbocycles. The Labute approximate surface area is 213 Å². The molecule has 0 aliphatic heterocycles. The monoisotopic (exact) mass is 482 g/mol. The predicted octanol–water partition coefficient (Wildman–Crippen LogP) is 5.67. The number of hydrogen-bond donors (Lipinski definition) is 1. The van der Waals surface area contributed by atoms with Gasteiger partial charge in [0.1, 0.15) is 5.75 Å². The lowest BCUT2D eigenvalue weighted by Gasteiger charge is -2.36. The summed E-state index contributed by atoms with van der Waals surface area (Å²) >= 11 is 0. The molecule has 0 bridgehead atoms. The highest BCUT2D eigenvalue weighted by atomic mass is 16.5. The SMILES string of the molecule is CCCN(CCCCCCNCCc1ccccc1OC)C1CCc2c(ccc(OC)c2OC)C1. The highest BCUT2D eigenvalue weighted by Gasteiger charge is 2.27. The smallest absolute Gasteiger partial charge is 0.164 e. The molecular formula is C30H46N2O3. The van der Waals surface area contributed by atoms with Gasteiger partial charge >= 0.3 is 0 Å². The Hall–Kier alpha value is -2.24. The van der Waals surface area contributed by atoms with Gasteiger partial charge in [-0.2, -0.15) is 0 Å². The van der Waals surface area contributed by atoms with Crippen molar-refractivity contribution in [3.63, 3.8) is 0 Å². The van der Waals surface area contributed by atoms with Gasteiger partial charge in [0.2, 0.25) is 0 Å². The van der Waals surface area contributed by atoms with Gasteiger partial charge in [-0.05, 0) is 94.4 Å². The summed E-state index contributed by atoms with van der Waals surface area (Å²) in [5, 5.41) is 3.60. The van der Waals surface area contributed by atoms with Gasteiger partial charge < -0.3 is 24.4 Å². The molecular weight excluding hydrogens is 436 g/mol. The molecule has 0 heterocycles. The van der Waals surface area contributed by atoms with E-state index in [2.05, 4.69) is 41.4 Å². The van der Waals surface area contributed by atoms with E-state index in [4.69, 9.17) is 14.2 Å². The summed E-state index contributed by atoms with van der Waals surface area (Å²) in [5.41, 5.74) is 4.05. The van der Waals surface area contributed by atoms with E-state index in [0.717, 1.165) is 49.6 Å². The summed E-state index contributed by atoms with van der Waals surface area (Å²) in [6.45, 7) is 6.80.